The summed E-state index contributed by atoms with van der Waals surface area (Å²) >= 11 is 0. The van der Waals surface area contributed by atoms with Gasteiger partial charge >= 0.3 is 0 Å². The molecule has 0 unspecified atom stereocenters. The monoisotopic (exact) mass is 341 g/mol. The number of amides is 1. The smallest absolute Gasteiger partial charge is 0.269 e. The predicted molar refractivity (Wildman–Crippen MR) is 97.4 cm³/mol. The summed E-state index contributed by atoms with van der Waals surface area (Å²) in [4.78, 5) is 18.8. The van der Waals surface area contributed by atoms with Crippen LogP contribution in [0.3, 0.4) is 0 Å². The maximum atomic E-state index is 12.9. The molecule has 0 spiro atoms. The third kappa shape index (κ3) is 5.02. The molecule has 0 saturated carbocycles. The molecule has 3 rings (SSSR count). The van der Waals surface area contributed by atoms with Gasteiger partial charge < -0.3 is 10.2 Å². The van der Waals surface area contributed by atoms with Crippen LogP contribution in [0.4, 0.5) is 10.1 Å². The normalized spacial score (nSPS) is 14.8. The molecule has 132 valence electrons. The second-order valence-electron chi connectivity index (χ2n) is 6.44. The molecule has 0 bridgehead atoms. The van der Waals surface area contributed by atoms with E-state index in [9.17, 15) is 9.18 Å². The van der Waals surface area contributed by atoms with Gasteiger partial charge in [0.25, 0.3) is 5.91 Å². The summed E-state index contributed by atoms with van der Waals surface area (Å²) in [5, 5.41) is 2.86. The Bertz CT molecular complexity index is 677. The predicted octanol–water partition coefficient (Wildman–Crippen LogP) is 3.57. The van der Waals surface area contributed by atoms with Gasteiger partial charge in [0.05, 0.1) is 11.9 Å². The standard InChI is InChI=1S/C20H24FN3O/c21-17-7-5-16(6-8-17)11-12-22-20(25)19-10-9-18(15-23-19)24-13-3-1-2-4-14-24/h5-10,15H,1-4,11-14H2,(H,22,25). The summed E-state index contributed by atoms with van der Waals surface area (Å²) in [5.41, 5.74) is 2.51. The van der Waals surface area contributed by atoms with Gasteiger partial charge in [0.1, 0.15) is 11.5 Å². The van der Waals surface area contributed by atoms with E-state index in [2.05, 4.69) is 15.2 Å². The Kier molecular flexibility index (Phi) is 5.99. The van der Waals surface area contributed by atoms with Crippen molar-refractivity contribution in [3.05, 3.63) is 59.7 Å². The fourth-order valence-electron chi connectivity index (χ4n) is 3.10. The number of halogens is 1. The van der Waals surface area contributed by atoms with Gasteiger partial charge in [-0.05, 0) is 49.1 Å². The Labute approximate surface area is 148 Å². The third-order valence-electron chi connectivity index (χ3n) is 4.56. The van der Waals surface area contributed by atoms with Crippen molar-refractivity contribution in [1.29, 1.82) is 0 Å². The third-order valence-corrected chi connectivity index (χ3v) is 4.56. The van der Waals surface area contributed by atoms with Gasteiger partial charge in [0, 0.05) is 19.6 Å². The number of hydrogen-bond donors (Lipinski definition) is 1. The first kappa shape index (κ1) is 17.4. The minimum absolute atomic E-state index is 0.176. The van der Waals surface area contributed by atoms with Crippen LogP contribution in [0.5, 0.6) is 0 Å². The lowest BCUT2D eigenvalue weighted by Crippen LogP contribution is -2.27. The van der Waals surface area contributed by atoms with E-state index in [1.54, 1.807) is 24.4 Å². The lowest BCUT2D eigenvalue weighted by atomic mass is 10.1. The van der Waals surface area contributed by atoms with Crippen LogP contribution in [0.2, 0.25) is 0 Å². The van der Waals surface area contributed by atoms with E-state index in [1.165, 1.54) is 37.8 Å². The molecule has 1 saturated heterocycles. The highest BCUT2D eigenvalue weighted by molar-refractivity contribution is 5.92. The van der Waals surface area contributed by atoms with E-state index in [1.807, 2.05) is 6.07 Å². The second kappa shape index (κ2) is 8.60. The average Bonchev–Trinajstić information content (AvgIpc) is 2.93. The van der Waals surface area contributed by atoms with E-state index in [0.717, 1.165) is 24.3 Å². The van der Waals surface area contributed by atoms with Crippen molar-refractivity contribution < 1.29 is 9.18 Å². The van der Waals surface area contributed by atoms with Crippen LogP contribution >= 0.6 is 0 Å². The minimum atomic E-state index is -0.249. The highest BCUT2D eigenvalue weighted by Gasteiger charge is 2.12. The van der Waals surface area contributed by atoms with Gasteiger partial charge in [-0.1, -0.05) is 25.0 Å². The number of carbonyl (C=O) groups is 1. The van der Waals surface area contributed by atoms with E-state index >= 15 is 0 Å². The lowest BCUT2D eigenvalue weighted by molar-refractivity contribution is 0.0949. The Morgan fingerprint density at radius 2 is 1.76 bits per heavy atom. The van der Waals surface area contributed by atoms with E-state index in [4.69, 9.17) is 0 Å². The number of aromatic nitrogens is 1. The number of nitrogens with one attached hydrogen (secondary N) is 1. The summed E-state index contributed by atoms with van der Waals surface area (Å²) in [6.07, 6.45) is 7.46. The molecule has 0 radical (unpaired) electrons. The first-order chi connectivity index (χ1) is 12.2. The molecule has 1 aromatic carbocycles. The fraction of sp³-hybridized carbons (Fsp3) is 0.400. The Morgan fingerprint density at radius 3 is 2.40 bits per heavy atom. The summed E-state index contributed by atoms with van der Waals surface area (Å²) in [6, 6.07) is 10.1. The molecule has 5 heteroatoms. The minimum Gasteiger partial charge on any atom is -0.370 e. The first-order valence-corrected chi connectivity index (χ1v) is 8.96. The van der Waals surface area contributed by atoms with Crippen LogP contribution < -0.4 is 10.2 Å². The quantitative estimate of drug-likeness (QED) is 0.904. The zero-order valence-electron chi connectivity index (χ0n) is 14.4. The van der Waals surface area contributed by atoms with E-state index in [0.29, 0.717) is 18.7 Å². The highest BCUT2D eigenvalue weighted by Crippen LogP contribution is 2.18. The number of hydrogen-bond acceptors (Lipinski definition) is 3. The van der Waals surface area contributed by atoms with Crippen molar-refractivity contribution in [1.82, 2.24) is 10.3 Å². The number of anilines is 1. The highest BCUT2D eigenvalue weighted by atomic mass is 19.1. The fourth-order valence-corrected chi connectivity index (χ4v) is 3.10. The zero-order valence-corrected chi connectivity index (χ0v) is 14.4. The molecule has 1 N–H and O–H groups in total. The van der Waals surface area contributed by atoms with E-state index < -0.39 is 0 Å². The molecule has 0 aliphatic carbocycles. The van der Waals surface area contributed by atoms with Crippen molar-refractivity contribution in [2.75, 3.05) is 24.5 Å². The zero-order chi connectivity index (χ0) is 17.5. The maximum Gasteiger partial charge on any atom is 0.269 e. The molecule has 2 aromatic rings. The summed E-state index contributed by atoms with van der Waals surface area (Å²) in [6.45, 7) is 2.62. The Balaban J connectivity index is 1.50. The van der Waals surface area contributed by atoms with E-state index in [-0.39, 0.29) is 11.7 Å². The largest absolute Gasteiger partial charge is 0.370 e. The van der Waals surface area contributed by atoms with Crippen molar-refractivity contribution in [2.24, 2.45) is 0 Å². The summed E-state index contributed by atoms with van der Waals surface area (Å²) < 4.78 is 12.9. The summed E-state index contributed by atoms with van der Waals surface area (Å²) in [5.74, 6) is -0.425. The molecule has 1 amide bonds. The van der Waals surface area contributed by atoms with Crippen molar-refractivity contribution >= 4 is 11.6 Å². The van der Waals surface area contributed by atoms with Crippen LogP contribution in [-0.4, -0.2) is 30.5 Å². The second-order valence-corrected chi connectivity index (χ2v) is 6.44. The molecule has 0 atom stereocenters. The van der Waals surface area contributed by atoms with Crippen LogP contribution in [-0.2, 0) is 6.42 Å². The first-order valence-electron chi connectivity index (χ1n) is 8.96. The van der Waals surface area contributed by atoms with Gasteiger partial charge in [-0.3, -0.25) is 4.79 Å². The Hall–Kier alpha value is -2.43. The molecule has 2 heterocycles. The maximum absolute atomic E-state index is 12.9. The number of carbonyl (C=O) groups excluding carboxylic acids is 1. The van der Waals surface area contributed by atoms with Gasteiger partial charge in [0.2, 0.25) is 0 Å². The van der Waals surface area contributed by atoms with Crippen LogP contribution in [0, 0.1) is 5.82 Å². The lowest BCUT2D eigenvalue weighted by Gasteiger charge is -2.22. The van der Waals surface area contributed by atoms with Gasteiger partial charge in [-0.2, -0.15) is 0 Å². The number of pyridine rings is 1. The van der Waals surface area contributed by atoms with Crippen molar-refractivity contribution in [3.63, 3.8) is 0 Å². The van der Waals surface area contributed by atoms with Gasteiger partial charge in [-0.25, -0.2) is 9.37 Å². The van der Waals surface area contributed by atoms with Gasteiger partial charge in [0.15, 0.2) is 0 Å². The number of nitrogens with zero attached hydrogens (tertiary/aromatic N) is 2. The molecule has 1 aliphatic heterocycles. The van der Waals surface area contributed by atoms with Crippen molar-refractivity contribution in [2.45, 2.75) is 32.1 Å². The average molecular weight is 341 g/mol. The van der Waals surface area contributed by atoms with Crippen LogP contribution in [0.15, 0.2) is 42.6 Å². The molecular weight excluding hydrogens is 317 g/mol. The molecule has 1 fully saturated rings. The number of benzene rings is 1. The summed E-state index contributed by atoms with van der Waals surface area (Å²) in [7, 11) is 0. The van der Waals surface area contributed by atoms with Crippen LogP contribution in [0.25, 0.3) is 0 Å². The molecule has 25 heavy (non-hydrogen) atoms. The van der Waals surface area contributed by atoms with Crippen molar-refractivity contribution in [3.8, 4) is 0 Å². The topological polar surface area (TPSA) is 45.2 Å². The van der Waals surface area contributed by atoms with Crippen LogP contribution in [0.1, 0.15) is 41.7 Å². The van der Waals surface area contributed by atoms with Gasteiger partial charge in [-0.15, -0.1) is 0 Å². The molecule has 4 nitrogen and oxygen atoms in total. The Morgan fingerprint density at radius 1 is 1.04 bits per heavy atom. The number of rotatable bonds is 5. The molecule has 1 aromatic heterocycles. The SMILES string of the molecule is O=C(NCCc1ccc(F)cc1)c1ccc(N2CCCCCC2)cn1. The molecule has 1 aliphatic rings. The molecular formula is C20H24FN3O.